The fourth-order valence-corrected chi connectivity index (χ4v) is 2.57. The van der Waals surface area contributed by atoms with E-state index in [2.05, 4.69) is 20.2 Å². The van der Waals surface area contributed by atoms with Gasteiger partial charge in [0.2, 0.25) is 11.7 Å². The highest BCUT2D eigenvalue weighted by atomic mass is 32.2. The molecule has 0 saturated heterocycles. The van der Waals surface area contributed by atoms with Gasteiger partial charge in [0, 0.05) is 23.3 Å². The Bertz CT molecular complexity index is 750. The number of aromatic nitrogens is 5. The molecule has 0 aliphatic carbocycles. The molecule has 0 atom stereocenters. The number of nitrogens with two attached hydrogens (primary N) is 1. The Morgan fingerprint density at radius 1 is 1.30 bits per heavy atom. The van der Waals surface area contributed by atoms with Crippen LogP contribution in [0.25, 0.3) is 5.78 Å². The summed E-state index contributed by atoms with van der Waals surface area (Å²) in [5.74, 6) is 1.80. The van der Waals surface area contributed by atoms with Gasteiger partial charge in [0.1, 0.15) is 0 Å². The number of hydrogen-bond donors (Lipinski definition) is 1. The van der Waals surface area contributed by atoms with Crippen LogP contribution in [0, 0.1) is 13.8 Å². The van der Waals surface area contributed by atoms with Crippen molar-refractivity contribution in [1.29, 1.82) is 0 Å². The van der Waals surface area contributed by atoms with Crippen LogP contribution >= 0.6 is 11.8 Å². The summed E-state index contributed by atoms with van der Waals surface area (Å²) in [6.07, 6.45) is 1.98. The van der Waals surface area contributed by atoms with Crippen molar-refractivity contribution in [3.8, 4) is 0 Å². The predicted octanol–water partition coefficient (Wildman–Crippen LogP) is 1.48. The third-order valence-electron chi connectivity index (χ3n) is 2.78. The maximum Gasteiger partial charge on any atom is 0.277 e. The highest BCUT2D eigenvalue weighted by molar-refractivity contribution is 7.98. The first kappa shape index (κ1) is 13.1. The summed E-state index contributed by atoms with van der Waals surface area (Å²) in [5, 5.41) is 8.22. The third kappa shape index (κ3) is 2.52. The van der Waals surface area contributed by atoms with Gasteiger partial charge in [-0.05, 0) is 19.9 Å². The minimum absolute atomic E-state index is 0.254. The minimum Gasteiger partial charge on any atom is -0.415 e. The normalized spacial score (nSPS) is 11.3. The van der Waals surface area contributed by atoms with E-state index in [0.717, 1.165) is 17.1 Å². The Kier molecular flexibility index (Phi) is 3.41. The molecule has 0 unspecified atom stereocenters. The summed E-state index contributed by atoms with van der Waals surface area (Å²) in [6, 6.07) is 2.02. The molecule has 3 aromatic heterocycles. The second-order valence-corrected chi connectivity index (χ2v) is 5.32. The van der Waals surface area contributed by atoms with Crippen molar-refractivity contribution >= 4 is 17.5 Å². The highest BCUT2D eigenvalue weighted by Gasteiger charge is 2.09. The summed E-state index contributed by atoms with van der Waals surface area (Å²) in [6.45, 7) is 4.25. The van der Waals surface area contributed by atoms with Crippen LogP contribution < -0.4 is 5.73 Å². The molecule has 0 aliphatic heterocycles. The van der Waals surface area contributed by atoms with Gasteiger partial charge in [-0.3, -0.25) is 4.40 Å². The molecule has 7 nitrogen and oxygen atoms in total. The number of hydrogen-bond acceptors (Lipinski definition) is 7. The van der Waals surface area contributed by atoms with E-state index in [9.17, 15) is 0 Å². The first-order valence-corrected chi connectivity index (χ1v) is 7.12. The van der Waals surface area contributed by atoms with E-state index in [0.29, 0.717) is 22.6 Å². The SMILES string of the molecule is Cc1cc(C)n2cc(CSc3nnc(CN)o3)nc2n1. The molecule has 104 valence electrons. The minimum atomic E-state index is 0.254. The number of imidazole rings is 1. The molecule has 0 radical (unpaired) electrons. The van der Waals surface area contributed by atoms with Gasteiger partial charge in [0.15, 0.2) is 0 Å². The third-order valence-corrected chi connectivity index (χ3v) is 3.63. The van der Waals surface area contributed by atoms with Crippen LogP contribution in [0.3, 0.4) is 0 Å². The van der Waals surface area contributed by atoms with E-state index in [1.54, 1.807) is 0 Å². The lowest BCUT2D eigenvalue weighted by Gasteiger charge is -1.98. The van der Waals surface area contributed by atoms with Crippen LogP contribution in [0.2, 0.25) is 0 Å². The number of aryl methyl sites for hydroxylation is 2. The van der Waals surface area contributed by atoms with E-state index in [1.807, 2.05) is 30.5 Å². The van der Waals surface area contributed by atoms with E-state index < -0.39 is 0 Å². The average Bonchev–Trinajstić information content (AvgIpc) is 3.02. The quantitative estimate of drug-likeness (QED) is 0.727. The van der Waals surface area contributed by atoms with Crippen LogP contribution in [0.1, 0.15) is 23.0 Å². The summed E-state index contributed by atoms with van der Waals surface area (Å²) in [7, 11) is 0. The van der Waals surface area contributed by atoms with Gasteiger partial charge < -0.3 is 10.2 Å². The van der Waals surface area contributed by atoms with Gasteiger partial charge in [-0.2, -0.15) is 0 Å². The smallest absolute Gasteiger partial charge is 0.277 e. The number of rotatable bonds is 4. The number of thioether (sulfide) groups is 1. The molecule has 0 aromatic carbocycles. The molecule has 3 heterocycles. The zero-order chi connectivity index (χ0) is 14.1. The number of fused-ring (bicyclic) bond motifs is 1. The second kappa shape index (κ2) is 5.22. The van der Waals surface area contributed by atoms with Crippen LogP contribution in [0.15, 0.2) is 21.9 Å². The summed E-state index contributed by atoms with van der Waals surface area (Å²) < 4.78 is 7.31. The Morgan fingerprint density at radius 2 is 2.15 bits per heavy atom. The molecule has 0 bridgehead atoms. The molecule has 0 aliphatic rings. The lowest BCUT2D eigenvalue weighted by molar-refractivity contribution is 0.414. The maximum atomic E-state index is 5.42. The molecule has 0 spiro atoms. The topological polar surface area (TPSA) is 95.1 Å². The summed E-state index contributed by atoms with van der Waals surface area (Å²) >= 11 is 1.44. The zero-order valence-electron chi connectivity index (χ0n) is 11.2. The zero-order valence-corrected chi connectivity index (χ0v) is 12.0. The van der Waals surface area contributed by atoms with Crippen molar-refractivity contribution in [2.75, 3.05) is 0 Å². The molecule has 3 rings (SSSR count). The lowest BCUT2D eigenvalue weighted by Crippen LogP contribution is -1.95. The van der Waals surface area contributed by atoms with E-state index in [-0.39, 0.29) is 6.54 Å². The standard InChI is InChI=1S/C12H14N6OS/c1-7-3-8(2)18-5-9(15-11(18)14-7)6-20-12-17-16-10(4-13)19-12/h3,5H,4,6,13H2,1-2H3. The van der Waals surface area contributed by atoms with Crippen molar-refractivity contribution in [2.45, 2.75) is 31.4 Å². The van der Waals surface area contributed by atoms with Gasteiger partial charge >= 0.3 is 0 Å². The first-order valence-electron chi connectivity index (χ1n) is 6.13. The molecule has 20 heavy (non-hydrogen) atoms. The fraction of sp³-hybridized carbons (Fsp3) is 0.333. The molecule has 0 amide bonds. The van der Waals surface area contributed by atoms with Crippen LogP contribution in [0.4, 0.5) is 0 Å². The van der Waals surface area contributed by atoms with Crippen molar-refractivity contribution in [1.82, 2.24) is 24.6 Å². The van der Waals surface area contributed by atoms with Gasteiger partial charge in [0.05, 0.1) is 12.2 Å². The molecular weight excluding hydrogens is 276 g/mol. The Balaban J connectivity index is 1.79. The molecule has 2 N–H and O–H groups in total. The Morgan fingerprint density at radius 3 is 2.90 bits per heavy atom. The van der Waals surface area contributed by atoms with Gasteiger partial charge in [-0.25, -0.2) is 9.97 Å². The van der Waals surface area contributed by atoms with Gasteiger partial charge in [-0.15, -0.1) is 10.2 Å². The molecule has 8 heteroatoms. The maximum absolute atomic E-state index is 5.42. The van der Waals surface area contributed by atoms with E-state index in [1.165, 1.54) is 11.8 Å². The van der Waals surface area contributed by atoms with E-state index in [4.69, 9.17) is 10.2 Å². The van der Waals surface area contributed by atoms with Crippen molar-refractivity contribution < 1.29 is 4.42 Å². The molecular formula is C12H14N6OS. The van der Waals surface area contributed by atoms with Crippen molar-refractivity contribution in [3.63, 3.8) is 0 Å². The van der Waals surface area contributed by atoms with Crippen molar-refractivity contribution in [2.24, 2.45) is 5.73 Å². The molecule has 0 saturated carbocycles. The largest absolute Gasteiger partial charge is 0.415 e. The van der Waals surface area contributed by atoms with Crippen LogP contribution in [-0.4, -0.2) is 24.6 Å². The Hall–Kier alpha value is -1.93. The van der Waals surface area contributed by atoms with Crippen LogP contribution in [0.5, 0.6) is 0 Å². The van der Waals surface area contributed by atoms with Crippen LogP contribution in [-0.2, 0) is 12.3 Å². The summed E-state index contributed by atoms with van der Waals surface area (Å²) in [4.78, 5) is 8.90. The van der Waals surface area contributed by atoms with E-state index >= 15 is 0 Å². The summed E-state index contributed by atoms with van der Waals surface area (Å²) in [5.41, 5.74) is 8.42. The molecule has 0 fully saturated rings. The fourth-order valence-electron chi connectivity index (χ4n) is 1.90. The van der Waals surface area contributed by atoms with Crippen molar-refractivity contribution in [3.05, 3.63) is 35.2 Å². The lowest BCUT2D eigenvalue weighted by atomic mass is 10.3. The first-order chi connectivity index (χ1) is 9.65. The number of nitrogens with zero attached hydrogens (tertiary/aromatic N) is 5. The van der Waals surface area contributed by atoms with Gasteiger partial charge in [0.25, 0.3) is 5.22 Å². The highest BCUT2D eigenvalue weighted by Crippen LogP contribution is 2.21. The van der Waals surface area contributed by atoms with Gasteiger partial charge in [-0.1, -0.05) is 11.8 Å². The second-order valence-electron chi connectivity index (χ2n) is 4.40. The molecule has 3 aromatic rings. The monoisotopic (exact) mass is 290 g/mol. The predicted molar refractivity (Wildman–Crippen MR) is 74.2 cm³/mol. The average molecular weight is 290 g/mol. The Labute approximate surface area is 119 Å².